The second-order valence-corrected chi connectivity index (χ2v) is 7.14. The molecule has 118 valence electrons. The van der Waals surface area contributed by atoms with Gasteiger partial charge in [-0.15, -0.1) is 0 Å². The molecule has 0 aliphatic rings. The molecular formula is C14H22N2O4S. The highest BCUT2D eigenvalue weighted by molar-refractivity contribution is 7.89. The number of aliphatic carboxylic acids is 1. The smallest absolute Gasteiger partial charge is 0.326 e. The molecule has 1 aromatic rings. The van der Waals surface area contributed by atoms with Crippen molar-refractivity contribution in [2.24, 2.45) is 0 Å². The van der Waals surface area contributed by atoms with Gasteiger partial charge in [-0.2, -0.15) is 0 Å². The van der Waals surface area contributed by atoms with Crippen molar-refractivity contribution in [1.29, 1.82) is 0 Å². The average molecular weight is 314 g/mol. The van der Waals surface area contributed by atoms with Gasteiger partial charge in [0.1, 0.15) is 6.04 Å². The molecule has 6 nitrogen and oxygen atoms in total. The van der Waals surface area contributed by atoms with E-state index in [-0.39, 0.29) is 4.90 Å². The number of benzene rings is 1. The Morgan fingerprint density at radius 2 is 1.86 bits per heavy atom. The lowest BCUT2D eigenvalue weighted by Gasteiger charge is -2.16. The zero-order chi connectivity index (χ0) is 16.0. The van der Waals surface area contributed by atoms with Gasteiger partial charge in [-0.3, -0.25) is 0 Å². The Balaban J connectivity index is 2.85. The molecule has 0 bridgehead atoms. The van der Waals surface area contributed by atoms with E-state index in [9.17, 15) is 13.2 Å². The van der Waals surface area contributed by atoms with Crippen LogP contribution in [0.4, 0.5) is 5.69 Å². The Morgan fingerprint density at radius 3 is 2.29 bits per heavy atom. The molecule has 1 atom stereocenters. The SMILES string of the molecule is CCCCC(Nc1ccc(S(=O)(=O)N(C)C)cc1)C(=O)O. The molecule has 0 saturated carbocycles. The first-order chi connectivity index (χ1) is 9.78. The van der Waals surface area contributed by atoms with Crippen molar-refractivity contribution in [1.82, 2.24) is 4.31 Å². The maximum atomic E-state index is 11.9. The molecule has 1 aromatic carbocycles. The number of unbranched alkanes of at least 4 members (excludes halogenated alkanes) is 1. The third-order valence-corrected chi connectivity index (χ3v) is 4.95. The van der Waals surface area contributed by atoms with Gasteiger partial charge in [0.15, 0.2) is 0 Å². The Kier molecular flexibility index (Phi) is 6.17. The van der Waals surface area contributed by atoms with Crippen molar-refractivity contribution in [2.45, 2.75) is 37.1 Å². The molecule has 1 rings (SSSR count). The second kappa shape index (κ2) is 7.42. The highest BCUT2D eigenvalue weighted by Crippen LogP contribution is 2.18. The molecule has 0 heterocycles. The van der Waals surface area contributed by atoms with Crippen LogP contribution in [0.1, 0.15) is 26.2 Å². The minimum atomic E-state index is -3.46. The highest BCUT2D eigenvalue weighted by atomic mass is 32.2. The first-order valence-corrected chi connectivity index (χ1v) is 8.25. The van der Waals surface area contributed by atoms with Gasteiger partial charge in [-0.05, 0) is 30.7 Å². The third kappa shape index (κ3) is 4.71. The summed E-state index contributed by atoms with van der Waals surface area (Å²) in [6.07, 6.45) is 2.27. The van der Waals surface area contributed by atoms with Crippen LogP contribution in [-0.4, -0.2) is 43.9 Å². The molecule has 0 aliphatic carbocycles. The van der Waals surface area contributed by atoms with E-state index in [1.54, 1.807) is 12.1 Å². The number of carbonyl (C=O) groups is 1. The summed E-state index contributed by atoms with van der Waals surface area (Å²) in [4.78, 5) is 11.3. The highest BCUT2D eigenvalue weighted by Gasteiger charge is 2.18. The van der Waals surface area contributed by atoms with Crippen LogP contribution in [0.3, 0.4) is 0 Å². The molecule has 0 fully saturated rings. The number of carboxylic acids is 1. The average Bonchev–Trinajstić information content (AvgIpc) is 2.43. The van der Waals surface area contributed by atoms with E-state index >= 15 is 0 Å². The maximum absolute atomic E-state index is 11.9. The molecule has 1 unspecified atom stereocenters. The fourth-order valence-electron chi connectivity index (χ4n) is 1.80. The number of anilines is 1. The summed E-state index contributed by atoms with van der Waals surface area (Å²) in [5, 5.41) is 12.1. The van der Waals surface area contributed by atoms with Crippen LogP contribution < -0.4 is 5.32 Å². The number of hydrogen-bond donors (Lipinski definition) is 2. The second-order valence-electron chi connectivity index (χ2n) is 4.99. The van der Waals surface area contributed by atoms with Crippen LogP contribution in [0, 0.1) is 0 Å². The molecule has 0 radical (unpaired) electrons. The largest absolute Gasteiger partial charge is 0.480 e. The number of nitrogens with zero attached hydrogens (tertiary/aromatic N) is 1. The number of rotatable bonds is 8. The van der Waals surface area contributed by atoms with Crippen LogP contribution in [0.15, 0.2) is 29.2 Å². The number of carboxylic acid groups (broad SMARTS) is 1. The minimum absolute atomic E-state index is 0.179. The van der Waals surface area contributed by atoms with Crippen molar-refractivity contribution < 1.29 is 18.3 Å². The van der Waals surface area contributed by atoms with Crippen molar-refractivity contribution >= 4 is 21.7 Å². The molecule has 7 heteroatoms. The quantitative estimate of drug-likeness (QED) is 0.766. The normalized spacial score (nSPS) is 13.1. The monoisotopic (exact) mass is 314 g/mol. The van der Waals surface area contributed by atoms with Crippen molar-refractivity contribution in [3.8, 4) is 0 Å². The third-order valence-electron chi connectivity index (χ3n) is 3.12. The van der Waals surface area contributed by atoms with Crippen molar-refractivity contribution in [2.75, 3.05) is 19.4 Å². The first kappa shape index (κ1) is 17.5. The van der Waals surface area contributed by atoms with Crippen LogP contribution >= 0.6 is 0 Å². The first-order valence-electron chi connectivity index (χ1n) is 6.81. The summed E-state index contributed by atoms with van der Waals surface area (Å²) < 4.78 is 25.0. The van der Waals surface area contributed by atoms with Crippen LogP contribution in [0.25, 0.3) is 0 Å². The molecule has 0 amide bonds. The van der Waals surface area contributed by atoms with E-state index in [1.807, 2.05) is 6.92 Å². The lowest BCUT2D eigenvalue weighted by Crippen LogP contribution is -2.29. The Bertz CT molecular complexity index is 567. The molecule has 0 spiro atoms. The van der Waals surface area contributed by atoms with Crippen LogP contribution in [-0.2, 0) is 14.8 Å². The summed E-state index contributed by atoms with van der Waals surface area (Å²) in [7, 11) is -0.533. The summed E-state index contributed by atoms with van der Waals surface area (Å²) in [5.74, 6) is -0.909. The maximum Gasteiger partial charge on any atom is 0.326 e. The van der Waals surface area contributed by atoms with Gasteiger partial charge in [-0.25, -0.2) is 17.5 Å². The molecule has 21 heavy (non-hydrogen) atoms. The zero-order valence-electron chi connectivity index (χ0n) is 12.5. The molecular weight excluding hydrogens is 292 g/mol. The minimum Gasteiger partial charge on any atom is -0.480 e. The van der Waals surface area contributed by atoms with E-state index in [1.165, 1.54) is 26.2 Å². The lowest BCUT2D eigenvalue weighted by molar-refractivity contribution is -0.138. The van der Waals surface area contributed by atoms with Gasteiger partial charge in [0, 0.05) is 19.8 Å². The molecule has 0 aliphatic heterocycles. The van der Waals surface area contributed by atoms with Crippen LogP contribution in [0.5, 0.6) is 0 Å². The zero-order valence-corrected chi connectivity index (χ0v) is 13.4. The molecule has 0 aromatic heterocycles. The summed E-state index contributed by atoms with van der Waals surface area (Å²) in [6.45, 7) is 2.00. The lowest BCUT2D eigenvalue weighted by atomic mass is 10.1. The fraction of sp³-hybridized carbons (Fsp3) is 0.500. The molecule has 2 N–H and O–H groups in total. The standard InChI is InChI=1S/C14H22N2O4S/c1-4-5-6-13(14(17)18)15-11-7-9-12(10-8-11)21(19,20)16(2)3/h7-10,13,15H,4-6H2,1-3H3,(H,17,18). The van der Waals surface area contributed by atoms with Crippen LogP contribution in [0.2, 0.25) is 0 Å². The van der Waals surface area contributed by atoms with E-state index in [2.05, 4.69) is 5.32 Å². The number of hydrogen-bond acceptors (Lipinski definition) is 4. The number of sulfonamides is 1. The van der Waals surface area contributed by atoms with Gasteiger partial charge < -0.3 is 10.4 Å². The summed E-state index contributed by atoms with van der Waals surface area (Å²) >= 11 is 0. The van der Waals surface area contributed by atoms with Gasteiger partial charge in [0.2, 0.25) is 10.0 Å². The van der Waals surface area contributed by atoms with E-state index in [0.717, 1.165) is 17.1 Å². The Labute approximate surface area is 125 Å². The van der Waals surface area contributed by atoms with Gasteiger partial charge >= 0.3 is 5.97 Å². The van der Waals surface area contributed by atoms with E-state index in [4.69, 9.17) is 5.11 Å². The van der Waals surface area contributed by atoms with Crippen molar-refractivity contribution in [3.63, 3.8) is 0 Å². The number of nitrogens with one attached hydrogen (secondary N) is 1. The topological polar surface area (TPSA) is 86.7 Å². The Morgan fingerprint density at radius 1 is 1.29 bits per heavy atom. The predicted octanol–water partition coefficient (Wildman–Crippen LogP) is 1.99. The van der Waals surface area contributed by atoms with Gasteiger partial charge in [0.05, 0.1) is 4.90 Å². The molecule has 0 saturated heterocycles. The van der Waals surface area contributed by atoms with E-state index < -0.39 is 22.0 Å². The fourth-order valence-corrected chi connectivity index (χ4v) is 2.70. The van der Waals surface area contributed by atoms with Gasteiger partial charge in [0.25, 0.3) is 0 Å². The Hall–Kier alpha value is -1.60. The van der Waals surface area contributed by atoms with Crippen molar-refractivity contribution in [3.05, 3.63) is 24.3 Å². The summed E-state index contributed by atoms with van der Waals surface area (Å²) in [6, 6.07) is 5.44. The van der Waals surface area contributed by atoms with Gasteiger partial charge in [-0.1, -0.05) is 19.8 Å². The van der Waals surface area contributed by atoms with E-state index in [0.29, 0.717) is 12.1 Å². The predicted molar refractivity (Wildman–Crippen MR) is 81.9 cm³/mol. The summed E-state index contributed by atoms with van der Waals surface area (Å²) in [5.41, 5.74) is 0.594.